The minimum absolute atomic E-state index is 0.0248. The first-order valence-electron chi connectivity index (χ1n) is 18.7. The molecule has 2 aromatic heterocycles. The lowest BCUT2D eigenvalue weighted by molar-refractivity contribution is -0.165. The average Bonchev–Trinajstić information content (AvgIpc) is 3.18. The lowest BCUT2D eigenvalue weighted by atomic mass is 9.90. The number of hydrogen-bond acceptors (Lipinski definition) is 8. The molecule has 1 saturated heterocycles. The van der Waals surface area contributed by atoms with Crippen LogP contribution in [0.4, 0.5) is 4.39 Å². The fourth-order valence-corrected chi connectivity index (χ4v) is 7.43. The fourth-order valence-electron chi connectivity index (χ4n) is 7.43. The molecule has 0 spiro atoms. The molecule has 3 aromatic carbocycles. The van der Waals surface area contributed by atoms with Gasteiger partial charge in [-0.3, -0.25) is 14.2 Å². The molecule has 11 nitrogen and oxygen atoms in total. The molecule has 1 N–H and O–H groups in total. The van der Waals surface area contributed by atoms with Crippen LogP contribution in [0.3, 0.4) is 0 Å². The number of hydrogen-bond donors (Lipinski definition) is 1. The zero-order chi connectivity index (χ0) is 37.6. The van der Waals surface area contributed by atoms with Crippen molar-refractivity contribution in [1.29, 1.82) is 0 Å². The van der Waals surface area contributed by atoms with Crippen molar-refractivity contribution in [2.24, 2.45) is 0 Å². The highest BCUT2D eigenvalue weighted by Crippen LogP contribution is 2.29. The van der Waals surface area contributed by atoms with Crippen molar-refractivity contribution in [2.45, 2.75) is 69.9 Å². The highest BCUT2D eigenvalue weighted by atomic mass is 19.1. The van der Waals surface area contributed by atoms with E-state index in [4.69, 9.17) is 14.2 Å². The monoisotopic (exact) mass is 735 g/mol. The predicted molar refractivity (Wildman–Crippen MR) is 205 cm³/mol. The number of rotatable bonds is 12. The van der Waals surface area contributed by atoms with Crippen LogP contribution in [0, 0.1) is 5.82 Å². The first kappa shape index (κ1) is 37.2. The van der Waals surface area contributed by atoms with E-state index >= 15 is 0 Å². The summed E-state index contributed by atoms with van der Waals surface area (Å²) in [4.78, 5) is 48.0. The van der Waals surface area contributed by atoms with Gasteiger partial charge in [0.05, 0.1) is 29.4 Å². The van der Waals surface area contributed by atoms with Gasteiger partial charge in [-0.05, 0) is 106 Å². The number of carbonyl (C=O) groups is 1. The Labute approximate surface area is 313 Å². The maximum absolute atomic E-state index is 14.6. The second kappa shape index (κ2) is 16.9. The first-order valence-corrected chi connectivity index (χ1v) is 18.7. The Morgan fingerprint density at radius 2 is 1.72 bits per heavy atom. The second-order valence-corrected chi connectivity index (χ2v) is 14.3. The molecule has 5 aromatic rings. The number of fused-ring (bicyclic) bond motifs is 1. The van der Waals surface area contributed by atoms with Gasteiger partial charge in [0.25, 0.3) is 11.5 Å². The summed E-state index contributed by atoms with van der Waals surface area (Å²) in [6, 6.07) is 23.3. The first-order chi connectivity index (χ1) is 26.2. The standard InChI is InChI=1S/C42H46FN5O6/c1-46(2)27-28-13-15-29(16-14-28)30-8-7-9-34(24-30)47-39-36(25-31(43)26-44-39)41(50)48(42(47)51)33-19-17-32(18-20-33)45-40(49)35-10-3-4-11-37(35)52-22-23-54-38-12-5-6-21-53-38/h3-4,7-11,13-16,24-26,32-33,38H,5-6,12,17-23,27H2,1-2H3,(H,45,49). The molecule has 0 radical (unpaired) electrons. The normalized spacial score (nSPS) is 18.9. The largest absolute Gasteiger partial charge is 0.490 e. The minimum Gasteiger partial charge on any atom is -0.490 e. The quantitative estimate of drug-likeness (QED) is 0.150. The van der Waals surface area contributed by atoms with Gasteiger partial charge < -0.3 is 24.4 Å². The maximum Gasteiger partial charge on any atom is 0.337 e. The van der Waals surface area contributed by atoms with Crippen LogP contribution in [-0.2, 0) is 16.0 Å². The van der Waals surface area contributed by atoms with Gasteiger partial charge in [0.2, 0.25) is 0 Å². The van der Waals surface area contributed by atoms with Gasteiger partial charge in [0.15, 0.2) is 11.9 Å². The summed E-state index contributed by atoms with van der Waals surface area (Å²) in [7, 11) is 4.04. The summed E-state index contributed by atoms with van der Waals surface area (Å²) in [5.41, 5.74) is 2.94. The van der Waals surface area contributed by atoms with Gasteiger partial charge in [-0.25, -0.2) is 18.7 Å². The van der Waals surface area contributed by atoms with E-state index in [0.29, 0.717) is 55.9 Å². The number of nitrogens with one attached hydrogen (secondary N) is 1. The number of pyridine rings is 1. The van der Waals surface area contributed by atoms with E-state index in [1.54, 1.807) is 24.3 Å². The number of benzene rings is 3. The molecule has 2 fully saturated rings. The second-order valence-electron chi connectivity index (χ2n) is 14.3. The highest BCUT2D eigenvalue weighted by Gasteiger charge is 2.29. The zero-order valence-corrected chi connectivity index (χ0v) is 30.7. The van der Waals surface area contributed by atoms with Crippen LogP contribution in [-0.4, -0.2) is 71.2 Å². The Bertz CT molecular complexity index is 2200. The van der Waals surface area contributed by atoms with Crippen LogP contribution in [0.2, 0.25) is 0 Å². The summed E-state index contributed by atoms with van der Waals surface area (Å²) in [6.07, 6.45) is 5.81. The third-order valence-corrected chi connectivity index (χ3v) is 10.1. The molecule has 12 heteroatoms. The zero-order valence-electron chi connectivity index (χ0n) is 30.7. The number of aromatic nitrogens is 3. The Kier molecular flexibility index (Phi) is 11.6. The summed E-state index contributed by atoms with van der Waals surface area (Å²) < 4.78 is 34.5. The Hall–Kier alpha value is -5.17. The Morgan fingerprint density at radius 3 is 2.48 bits per heavy atom. The van der Waals surface area contributed by atoms with Crippen molar-refractivity contribution in [3.8, 4) is 22.6 Å². The Balaban J connectivity index is 1.07. The molecule has 3 heterocycles. The Morgan fingerprint density at radius 1 is 0.926 bits per heavy atom. The smallest absolute Gasteiger partial charge is 0.337 e. The van der Waals surface area contributed by atoms with Crippen LogP contribution in [0.1, 0.15) is 66.9 Å². The van der Waals surface area contributed by atoms with E-state index in [9.17, 15) is 18.8 Å². The molecule has 282 valence electrons. The van der Waals surface area contributed by atoms with Crippen LogP contribution in [0.15, 0.2) is 94.6 Å². The molecule has 1 amide bonds. The number of ether oxygens (including phenoxy) is 3. The molecule has 1 saturated carbocycles. The van der Waals surface area contributed by atoms with Crippen molar-refractivity contribution in [1.82, 2.24) is 24.3 Å². The molecule has 1 aliphatic heterocycles. The van der Waals surface area contributed by atoms with Gasteiger partial charge >= 0.3 is 5.69 Å². The van der Waals surface area contributed by atoms with Crippen LogP contribution in [0.5, 0.6) is 5.75 Å². The molecule has 7 rings (SSSR count). The van der Waals surface area contributed by atoms with E-state index in [2.05, 4.69) is 27.3 Å². The third-order valence-electron chi connectivity index (χ3n) is 10.1. The van der Waals surface area contributed by atoms with E-state index in [0.717, 1.165) is 49.2 Å². The lowest BCUT2D eigenvalue weighted by Gasteiger charge is -2.30. The summed E-state index contributed by atoms with van der Waals surface area (Å²) in [5.74, 6) is -0.458. The number of nitrogens with zero attached hydrogens (tertiary/aromatic N) is 4. The lowest BCUT2D eigenvalue weighted by Crippen LogP contribution is -2.45. The highest BCUT2D eigenvalue weighted by molar-refractivity contribution is 5.97. The molecule has 2 aliphatic rings. The molecule has 54 heavy (non-hydrogen) atoms. The van der Waals surface area contributed by atoms with Gasteiger partial charge in [-0.1, -0.05) is 48.5 Å². The van der Waals surface area contributed by atoms with Crippen molar-refractivity contribution >= 4 is 16.9 Å². The molecular formula is C42H46FN5O6. The SMILES string of the molecule is CN(C)Cc1ccc(-c2cccc(-n3c(=O)n(C4CCC(NC(=O)c5ccccc5OCCOC5CCCCO5)CC4)c(=O)c4cc(F)cnc43)c2)cc1. The van der Waals surface area contributed by atoms with E-state index in [-0.39, 0.29) is 35.9 Å². The maximum atomic E-state index is 14.6. The van der Waals surface area contributed by atoms with Gasteiger partial charge in [-0.15, -0.1) is 0 Å². The van der Waals surface area contributed by atoms with Crippen LogP contribution in [0.25, 0.3) is 27.8 Å². The van der Waals surface area contributed by atoms with Crippen LogP contribution < -0.4 is 21.3 Å². The van der Waals surface area contributed by atoms with Gasteiger partial charge in [0.1, 0.15) is 18.2 Å². The average molecular weight is 736 g/mol. The molecule has 0 bridgehead atoms. The van der Waals surface area contributed by atoms with Crippen LogP contribution >= 0.6 is 0 Å². The number of para-hydroxylation sites is 1. The van der Waals surface area contributed by atoms with Crippen molar-refractivity contribution in [3.63, 3.8) is 0 Å². The molecular weight excluding hydrogens is 689 g/mol. The predicted octanol–water partition coefficient (Wildman–Crippen LogP) is 6.25. The minimum atomic E-state index is -0.663. The molecule has 1 unspecified atom stereocenters. The van der Waals surface area contributed by atoms with Gasteiger partial charge in [0, 0.05) is 25.2 Å². The number of halogens is 1. The third kappa shape index (κ3) is 8.46. The summed E-state index contributed by atoms with van der Waals surface area (Å²) in [6.45, 7) is 2.14. The summed E-state index contributed by atoms with van der Waals surface area (Å²) in [5, 5.41) is 3.15. The number of amides is 1. The van der Waals surface area contributed by atoms with Crippen molar-refractivity contribution in [2.75, 3.05) is 33.9 Å². The van der Waals surface area contributed by atoms with Crippen molar-refractivity contribution in [3.05, 3.63) is 123 Å². The van der Waals surface area contributed by atoms with E-state index in [1.165, 1.54) is 14.7 Å². The number of carbonyl (C=O) groups excluding carboxylic acids is 1. The van der Waals surface area contributed by atoms with Gasteiger partial charge in [-0.2, -0.15) is 0 Å². The van der Waals surface area contributed by atoms with Crippen molar-refractivity contribution < 1.29 is 23.4 Å². The fraction of sp³-hybridized carbons (Fsp3) is 0.381. The molecule has 1 aliphatic carbocycles. The molecule has 1 atom stereocenters. The summed E-state index contributed by atoms with van der Waals surface area (Å²) >= 11 is 0. The van der Waals surface area contributed by atoms with E-state index in [1.807, 2.05) is 50.5 Å². The van der Waals surface area contributed by atoms with E-state index < -0.39 is 23.1 Å². The topological polar surface area (TPSA) is 117 Å².